The summed E-state index contributed by atoms with van der Waals surface area (Å²) < 4.78 is 5.37. The molecule has 0 bridgehead atoms. The molecule has 3 heterocycles. The van der Waals surface area contributed by atoms with Crippen LogP contribution in [0.1, 0.15) is 24.1 Å². The number of aromatic nitrogens is 2. The van der Waals surface area contributed by atoms with Gasteiger partial charge in [-0.3, -0.25) is 4.90 Å². The number of fused-ring (bicyclic) bond motifs is 1. The molecule has 19 heavy (non-hydrogen) atoms. The molecule has 4 nitrogen and oxygen atoms in total. The number of rotatable bonds is 3. The standard InChI is InChI=1S/C15H17N3O/c1-2-14(19-7-1)15-16-8-12-5-6-18(9-11-3-4-11)10-13(12)17-15/h1-2,7-8,11H,3-6,9-10H2. The van der Waals surface area contributed by atoms with Crippen LogP contribution in [-0.4, -0.2) is 28.0 Å². The van der Waals surface area contributed by atoms with Crippen molar-refractivity contribution in [3.05, 3.63) is 35.9 Å². The minimum Gasteiger partial charge on any atom is -0.461 e. The summed E-state index contributed by atoms with van der Waals surface area (Å²) in [5, 5.41) is 0. The number of nitrogens with zero attached hydrogens (tertiary/aromatic N) is 3. The summed E-state index contributed by atoms with van der Waals surface area (Å²) in [6.07, 6.45) is 7.52. The Morgan fingerprint density at radius 1 is 1.37 bits per heavy atom. The van der Waals surface area contributed by atoms with Gasteiger partial charge in [0.1, 0.15) is 0 Å². The van der Waals surface area contributed by atoms with Gasteiger partial charge in [-0.2, -0.15) is 0 Å². The Labute approximate surface area is 112 Å². The highest BCUT2D eigenvalue weighted by molar-refractivity contribution is 5.46. The van der Waals surface area contributed by atoms with E-state index < -0.39 is 0 Å². The van der Waals surface area contributed by atoms with E-state index in [9.17, 15) is 0 Å². The Balaban J connectivity index is 1.59. The van der Waals surface area contributed by atoms with E-state index in [1.54, 1.807) is 6.26 Å². The molecular weight excluding hydrogens is 238 g/mol. The molecule has 0 radical (unpaired) electrons. The van der Waals surface area contributed by atoms with Crippen molar-refractivity contribution in [3.63, 3.8) is 0 Å². The van der Waals surface area contributed by atoms with Crippen molar-refractivity contribution in [3.8, 4) is 11.6 Å². The Kier molecular flexibility index (Phi) is 2.62. The molecule has 0 saturated heterocycles. The summed E-state index contributed by atoms with van der Waals surface area (Å²) >= 11 is 0. The van der Waals surface area contributed by atoms with Gasteiger partial charge in [0.15, 0.2) is 11.6 Å². The lowest BCUT2D eigenvalue weighted by atomic mass is 10.1. The summed E-state index contributed by atoms with van der Waals surface area (Å²) in [4.78, 5) is 11.6. The monoisotopic (exact) mass is 255 g/mol. The number of hydrogen-bond acceptors (Lipinski definition) is 4. The van der Waals surface area contributed by atoms with Gasteiger partial charge in [0.25, 0.3) is 0 Å². The lowest BCUT2D eigenvalue weighted by molar-refractivity contribution is 0.240. The van der Waals surface area contributed by atoms with Gasteiger partial charge in [0.05, 0.1) is 12.0 Å². The van der Waals surface area contributed by atoms with Gasteiger partial charge >= 0.3 is 0 Å². The first-order valence-electron chi connectivity index (χ1n) is 6.99. The van der Waals surface area contributed by atoms with Gasteiger partial charge in [0.2, 0.25) is 0 Å². The molecule has 4 rings (SSSR count). The van der Waals surface area contributed by atoms with Crippen molar-refractivity contribution in [2.24, 2.45) is 5.92 Å². The third-order valence-electron chi connectivity index (χ3n) is 3.98. The third-order valence-corrected chi connectivity index (χ3v) is 3.98. The van der Waals surface area contributed by atoms with Crippen LogP contribution < -0.4 is 0 Å². The van der Waals surface area contributed by atoms with Crippen molar-refractivity contribution in [2.45, 2.75) is 25.8 Å². The quantitative estimate of drug-likeness (QED) is 0.845. The molecule has 0 spiro atoms. The van der Waals surface area contributed by atoms with Gasteiger partial charge in [-0.25, -0.2) is 9.97 Å². The average Bonchev–Trinajstić information content (AvgIpc) is 3.08. The van der Waals surface area contributed by atoms with Crippen molar-refractivity contribution < 1.29 is 4.42 Å². The second-order valence-electron chi connectivity index (χ2n) is 5.57. The first-order chi connectivity index (χ1) is 9.38. The lowest BCUT2D eigenvalue weighted by Gasteiger charge is -2.27. The molecular formula is C15H17N3O. The Morgan fingerprint density at radius 3 is 3.11 bits per heavy atom. The highest BCUT2D eigenvalue weighted by Gasteiger charge is 2.27. The molecule has 1 fully saturated rings. The molecule has 1 aliphatic carbocycles. The third kappa shape index (κ3) is 2.28. The van der Waals surface area contributed by atoms with Crippen molar-refractivity contribution in [1.82, 2.24) is 14.9 Å². The van der Waals surface area contributed by atoms with Crippen LogP contribution in [0.4, 0.5) is 0 Å². The number of furan rings is 1. The molecule has 0 aromatic carbocycles. The molecule has 0 N–H and O–H groups in total. The van der Waals surface area contributed by atoms with Crippen molar-refractivity contribution in [2.75, 3.05) is 13.1 Å². The Morgan fingerprint density at radius 2 is 2.32 bits per heavy atom. The maximum absolute atomic E-state index is 5.37. The van der Waals surface area contributed by atoms with E-state index in [0.717, 1.165) is 31.2 Å². The normalized spacial score (nSPS) is 19.4. The van der Waals surface area contributed by atoms with Crippen LogP contribution in [0.5, 0.6) is 0 Å². The minimum atomic E-state index is 0.706. The van der Waals surface area contributed by atoms with E-state index in [0.29, 0.717) is 5.82 Å². The Bertz CT molecular complexity index is 575. The summed E-state index contributed by atoms with van der Waals surface area (Å²) in [5.74, 6) is 2.40. The van der Waals surface area contributed by atoms with Gasteiger partial charge in [-0.05, 0) is 42.9 Å². The lowest BCUT2D eigenvalue weighted by Crippen LogP contribution is -2.33. The smallest absolute Gasteiger partial charge is 0.195 e. The summed E-state index contributed by atoms with van der Waals surface area (Å²) in [6.45, 7) is 3.34. The molecule has 0 amide bonds. The van der Waals surface area contributed by atoms with Gasteiger partial charge < -0.3 is 4.42 Å². The molecule has 0 atom stereocenters. The second-order valence-corrected chi connectivity index (χ2v) is 5.57. The largest absolute Gasteiger partial charge is 0.461 e. The van der Waals surface area contributed by atoms with E-state index in [-0.39, 0.29) is 0 Å². The van der Waals surface area contributed by atoms with Crippen LogP contribution in [0.3, 0.4) is 0 Å². The topological polar surface area (TPSA) is 42.2 Å². The average molecular weight is 255 g/mol. The zero-order valence-corrected chi connectivity index (χ0v) is 10.9. The fourth-order valence-corrected chi connectivity index (χ4v) is 2.70. The van der Waals surface area contributed by atoms with E-state index in [1.165, 1.54) is 30.6 Å². The van der Waals surface area contributed by atoms with E-state index in [2.05, 4.69) is 14.9 Å². The van der Waals surface area contributed by atoms with E-state index in [4.69, 9.17) is 4.42 Å². The van der Waals surface area contributed by atoms with E-state index in [1.807, 2.05) is 18.3 Å². The molecule has 98 valence electrons. The van der Waals surface area contributed by atoms with Crippen molar-refractivity contribution >= 4 is 0 Å². The zero-order chi connectivity index (χ0) is 12.7. The SMILES string of the molecule is c1coc(-c2ncc3c(n2)CN(CC2CC2)CC3)c1. The van der Waals surface area contributed by atoms with Crippen LogP contribution in [0.15, 0.2) is 29.0 Å². The second kappa shape index (κ2) is 4.46. The predicted octanol–water partition coefficient (Wildman–Crippen LogP) is 2.50. The molecule has 1 saturated carbocycles. The van der Waals surface area contributed by atoms with Crippen molar-refractivity contribution in [1.29, 1.82) is 0 Å². The van der Waals surface area contributed by atoms with Crippen LogP contribution in [0, 0.1) is 5.92 Å². The molecule has 2 aromatic rings. The number of hydrogen-bond donors (Lipinski definition) is 0. The maximum Gasteiger partial charge on any atom is 0.195 e. The molecule has 2 aliphatic rings. The molecule has 4 heteroatoms. The minimum absolute atomic E-state index is 0.706. The van der Waals surface area contributed by atoms with Gasteiger partial charge in [-0.15, -0.1) is 0 Å². The fourth-order valence-electron chi connectivity index (χ4n) is 2.70. The first kappa shape index (κ1) is 11.2. The van der Waals surface area contributed by atoms with Crippen LogP contribution in [0.25, 0.3) is 11.6 Å². The van der Waals surface area contributed by atoms with Gasteiger partial charge in [0, 0.05) is 25.8 Å². The molecule has 1 aliphatic heterocycles. The first-order valence-corrected chi connectivity index (χ1v) is 6.99. The fraction of sp³-hybridized carbons (Fsp3) is 0.467. The zero-order valence-electron chi connectivity index (χ0n) is 10.9. The summed E-state index contributed by atoms with van der Waals surface area (Å²) in [6, 6.07) is 3.78. The summed E-state index contributed by atoms with van der Waals surface area (Å²) in [5.41, 5.74) is 2.47. The predicted molar refractivity (Wildman–Crippen MR) is 71.4 cm³/mol. The van der Waals surface area contributed by atoms with Crippen LogP contribution in [0.2, 0.25) is 0 Å². The molecule has 0 unspecified atom stereocenters. The summed E-state index contributed by atoms with van der Waals surface area (Å²) in [7, 11) is 0. The highest BCUT2D eigenvalue weighted by Crippen LogP contribution is 2.31. The van der Waals surface area contributed by atoms with Crippen LogP contribution in [-0.2, 0) is 13.0 Å². The van der Waals surface area contributed by atoms with Gasteiger partial charge in [-0.1, -0.05) is 0 Å². The van der Waals surface area contributed by atoms with E-state index >= 15 is 0 Å². The Hall–Kier alpha value is -1.68. The molecule has 2 aromatic heterocycles. The highest BCUT2D eigenvalue weighted by atomic mass is 16.3. The maximum atomic E-state index is 5.37. The van der Waals surface area contributed by atoms with Crippen LogP contribution >= 0.6 is 0 Å².